The van der Waals surface area contributed by atoms with Crippen molar-refractivity contribution in [1.82, 2.24) is 15.6 Å². The number of nitrogens with one attached hydrogen (secondary N) is 2. The lowest BCUT2D eigenvalue weighted by atomic mass is 10.2. The summed E-state index contributed by atoms with van der Waals surface area (Å²) in [7, 11) is -2.96. The predicted octanol–water partition coefficient (Wildman–Crippen LogP) is 2.28. The maximum Gasteiger partial charge on any atom is 0.213 e. The maximum atomic E-state index is 11.3. The van der Waals surface area contributed by atoms with Gasteiger partial charge in [-0.05, 0) is 51.5 Å². The molecule has 0 spiro atoms. The molecule has 0 aromatic carbocycles. The Hall–Kier alpha value is -1.83. The molecule has 8 heteroatoms. The molecule has 0 bridgehead atoms. The molecule has 1 aliphatic carbocycles. The first-order valence-electron chi connectivity index (χ1n) is 9.70. The molecule has 7 nitrogen and oxygen atoms in total. The number of pyridine rings is 1. The van der Waals surface area contributed by atoms with Crippen molar-refractivity contribution in [2.75, 3.05) is 18.6 Å². The molecule has 0 radical (unpaired) electrons. The fourth-order valence-corrected chi connectivity index (χ4v) is 3.72. The monoisotopic (exact) mass is 396 g/mol. The van der Waals surface area contributed by atoms with Gasteiger partial charge in [0.05, 0.1) is 12.3 Å². The molecule has 1 heterocycles. The van der Waals surface area contributed by atoms with Gasteiger partial charge in [0, 0.05) is 31.1 Å². The van der Waals surface area contributed by atoms with Crippen molar-refractivity contribution in [1.29, 1.82) is 0 Å². The van der Waals surface area contributed by atoms with Crippen LogP contribution in [0.15, 0.2) is 23.3 Å². The highest BCUT2D eigenvalue weighted by molar-refractivity contribution is 7.90. The van der Waals surface area contributed by atoms with Crippen molar-refractivity contribution in [3.05, 3.63) is 23.9 Å². The van der Waals surface area contributed by atoms with Crippen molar-refractivity contribution >= 4 is 15.8 Å². The second-order valence-electron chi connectivity index (χ2n) is 7.19. The number of ether oxygens (including phenoxy) is 1. The first-order chi connectivity index (χ1) is 12.9. The van der Waals surface area contributed by atoms with Gasteiger partial charge < -0.3 is 15.4 Å². The van der Waals surface area contributed by atoms with Gasteiger partial charge in [-0.2, -0.15) is 0 Å². The molecule has 1 aromatic rings. The zero-order valence-electron chi connectivity index (χ0n) is 16.6. The average Bonchev–Trinajstić information content (AvgIpc) is 3.12. The van der Waals surface area contributed by atoms with Crippen LogP contribution < -0.4 is 15.4 Å². The van der Waals surface area contributed by atoms with Crippen LogP contribution >= 0.6 is 0 Å². The first kappa shape index (κ1) is 21.5. The molecule has 1 fully saturated rings. The van der Waals surface area contributed by atoms with Crippen LogP contribution in [0.4, 0.5) is 0 Å². The fourth-order valence-electron chi connectivity index (χ4n) is 2.94. The third kappa shape index (κ3) is 8.60. The van der Waals surface area contributed by atoms with E-state index in [1.165, 1.54) is 19.1 Å². The highest BCUT2D eigenvalue weighted by Gasteiger charge is 2.16. The van der Waals surface area contributed by atoms with Gasteiger partial charge in [0.2, 0.25) is 5.88 Å². The summed E-state index contributed by atoms with van der Waals surface area (Å²) in [5.74, 6) is 1.51. The number of rotatable bonds is 9. The van der Waals surface area contributed by atoms with Gasteiger partial charge in [-0.25, -0.2) is 18.4 Å². The van der Waals surface area contributed by atoms with Crippen molar-refractivity contribution in [2.45, 2.75) is 64.6 Å². The highest BCUT2D eigenvalue weighted by Crippen LogP contribution is 2.22. The normalized spacial score (nSPS) is 16.9. The minimum absolute atomic E-state index is 0.0119. The van der Waals surface area contributed by atoms with Crippen LogP contribution in [0.3, 0.4) is 0 Å². The summed E-state index contributed by atoms with van der Waals surface area (Å²) in [6.07, 6.45) is 8.60. The second kappa shape index (κ2) is 10.5. The molecule has 152 valence electrons. The molecule has 0 saturated heterocycles. The Balaban J connectivity index is 1.87. The zero-order valence-corrected chi connectivity index (χ0v) is 17.4. The van der Waals surface area contributed by atoms with Crippen LogP contribution in [0.25, 0.3) is 0 Å². The Morgan fingerprint density at radius 1 is 1.37 bits per heavy atom. The smallest absolute Gasteiger partial charge is 0.213 e. The highest BCUT2D eigenvalue weighted by atomic mass is 32.2. The lowest BCUT2D eigenvalue weighted by Crippen LogP contribution is -2.42. The largest absolute Gasteiger partial charge is 0.474 e. The minimum atomic E-state index is -2.96. The van der Waals surface area contributed by atoms with E-state index in [4.69, 9.17) is 4.74 Å². The molecule has 1 aromatic heterocycles. The van der Waals surface area contributed by atoms with Gasteiger partial charge in [-0.1, -0.05) is 6.07 Å². The zero-order chi connectivity index (χ0) is 19.7. The molecule has 1 atom stereocenters. The maximum absolute atomic E-state index is 11.3. The Morgan fingerprint density at radius 3 is 2.70 bits per heavy atom. The lowest BCUT2D eigenvalue weighted by molar-refractivity contribution is 0.201. The summed E-state index contributed by atoms with van der Waals surface area (Å²) in [5.41, 5.74) is 0.995. The van der Waals surface area contributed by atoms with Crippen LogP contribution in [0, 0.1) is 0 Å². The number of nitrogens with zero attached hydrogens (tertiary/aromatic N) is 2. The molecule has 1 aliphatic rings. The molecular weight excluding hydrogens is 364 g/mol. The molecule has 2 N–H and O–H groups in total. The molecular formula is C19H32N4O3S. The third-order valence-corrected chi connectivity index (χ3v) is 5.43. The van der Waals surface area contributed by atoms with E-state index < -0.39 is 9.84 Å². The number of guanidine groups is 1. The van der Waals surface area contributed by atoms with E-state index in [9.17, 15) is 8.42 Å². The summed E-state index contributed by atoms with van der Waals surface area (Å²) in [6, 6.07) is 3.90. The van der Waals surface area contributed by atoms with E-state index in [2.05, 4.69) is 20.6 Å². The number of aromatic nitrogens is 1. The van der Waals surface area contributed by atoms with Crippen LogP contribution in [0.5, 0.6) is 5.88 Å². The number of hydrogen-bond acceptors (Lipinski definition) is 5. The molecule has 0 aliphatic heterocycles. The average molecular weight is 397 g/mol. The third-order valence-electron chi connectivity index (χ3n) is 4.46. The van der Waals surface area contributed by atoms with Gasteiger partial charge >= 0.3 is 0 Å². The summed E-state index contributed by atoms with van der Waals surface area (Å²) < 4.78 is 28.5. The van der Waals surface area contributed by atoms with Gasteiger partial charge in [-0.3, -0.25) is 0 Å². The van der Waals surface area contributed by atoms with Gasteiger partial charge in [-0.15, -0.1) is 0 Å². The van der Waals surface area contributed by atoms with Crippen molar-refractivity contribution in [3.8, 4) is 5.88 Å². The number of hydrogen-bond donors (Lipinski definition) is 2. The summed E-state index contributed by atoms with van der Waals surface area (Å²) in [4.78, 5) is 8.95. The van der Waals surface area contributed by atoms with Crippen LogP contribution in [-0.4, -0.2) is 50.1 Å². The van der Waals surface area contributed by atoms with E-state index >= 15 is 0 Å². The van der Waals surface area contributed by atoms with Gasteiger partial charge in [0.1, 0.15) is 15.9 Å². The standard InChI is InChI=1S/C19H32N4O3S/c1-4-20-19(23-15(2)11-12-27(3,24)25)22-14-16-9-10-18(21-13-16)26-17-7-5-6-8-17/h9-10,13,15,17H,4-8,11-12,14H2,1-3H3,(H2,20,22,23). The molecule has 1 unspecified atom stereocenters. The fraction of sp³-hybridized carbons (Fsp3) is 0.684. The first-order valence-corrected chi connectivity index (χ1v) is 11.8. The van der Waals surface area contributed by atoms with Gasteiger partial charge in [0.15, 0.2) is 5.96 Å². The van der Waals surface area contributed by atoms with E-state index in [-0.39, 0.29) is 11.8 Å². The van der Waals surface area contributed by atoms with E-state index in [1.807, 2.05) is 26.0 Å². The SMILES string of the molecule is CCNC(=NCc1ccc(OC2CCCC2)nc1)NC(C)CCS(C)(=O)=O. The van der Waals surface area contributed by atoms with E-state index in [0.717, 1.165) is 24.9 Å². The quantitative estimate of drug-likeness (QED) is 0.491. The minimum Gasteiger partial charge on any atom is -0.474 e. The second-order valence-corrected chi connectivity index (χ2v) is 9.45. The Morgan fingerprint density at radius 2 is 2.11 bits per heavy atom. The summed E-state index contributed by atoms with van der Waals surface area (Å²) in [6.45, 7) is 5.17. The Kier molecular flexibility index (Phi) is 8.34. The van der Waals surface area contributed by atoms with Crippen molar-refractivity contribution in [3.63, 3.8) is 0 Å². The van der Waals surface area contributed by atoms with E-state index in [1.54, 1.807) is 6.20 Å². The Labute approximate surface area is 162 Å². The van der Waals surface area contributed by atoms with Crippen LogP contribution in [0.2, 0.25) is 0 Å². The molecule has 1 saturated carbocycles. The molecule has 27 heavy (non-hydrogen) atoms. The predicted molar refractivity (Wildman–Crippen MR) is 109 cm³/mol. The molecule has 2 rings (SSSR count). The Bertz CT molecular complexity index is 698. The number of sulfone groups is 1. The van der Waals surface area contributed by atoms with Crippen molar-refractivity contribution in [2.24, 2.45) is 4.99 Å². The summed E-state index contributed by atoms with van der Waals surface area (Å²) >= 11 is 0. The van der Waals surface area contributed by atoms with Crippen molar-refractivity contribution < 1.29 is 13.2 Å². The van der Waals surface area contributed by atoms with Crippen LogP contribution in [0.1, 0.15) is 51.5 Å². The van der Waals surface area contributed by atoms with Crippen LogP contribution in [-0.2, 0) is 16.4 Å². The number of aliphatic imine (C=N–C) groups is 1. The summed E-state index contributed by atoms with van der Waals surface area (Å²) in [5, 5.41) is 6.43. The molecule has 0 amide bonds. The topological polar surface area (TPSA) is 92.7 Å². The van der Waals surface area contributed by atoms with Gasteiger partial charge in [0.25, 0.3) is 0 Å². The lowest BCUT2D eigenvalue weighted by Gasteiger charge is -2.17. The van der Waals surface area contributed by atoms with E-state index in [0.29, 0.717) is 30.9 Å².